The molecule has 1 aliphatic carbocycles. The minimum absolute atomic E-state index is 0.380. The molecule has 2 rings (SSSR count). The topological polar surface area (TPSA) is 26.0 Å². The summed E-state index contributed by atoms with van der Waals surface area (Å²) >= 11 is 0. The zero-order valence-electron chi connectivity index (χ0n) is 8.87. The van der Waals surface area contributed by atoms with E-state index < -0.39 is 0 Å². The number of nitrogens with two attached hydrogens (primary N) is 1. The van der Waals surface area contributed by atoms with Gasteiger partial charge in [-0.05, 0) is 37.7 Å². The van der Waals surface area contributed by atoms with Gasteiger partial charge >= 0.3 is 0 Å². The molecule has 0 bridgehead atoms. The van der Waals surface area contributed by atoms with Gasteiger partial charge in [0.2, 0.25) is 0 Å². The van der Waals surface area contributed by atoms with Gasteiger partial charge in [-0.3, -0.25) is 0 Å². The Hall–Kier alpha value is -0.820. The fraction of sp³-hybridized carbons (Fsp3) is 0.538. The zero-order valence-corrected chi connectivity index (χ0v) is 8.87. The van der Waals surface area contributed by atoms with E-state index in [4.69, 9.17) is 5.73 Å². The van der Waals surface area contributed by atoms with Gasteiger partial charge in [-0.15, -0.1) is 0 Å². The van der Waals surface area contributed by atoms with Crippen molar-refractivity contribution in [1.29, 1.82) is 0 Å². The maximum atomic E-state index is 6.16. The van der Waals surface area contributed by atoms with Crippen LogP contribution in [0, 0.1) is 12.8 Å². The second-order valence-corrected chi connectivity index (χ2v) is 4.55. The second-order valence-electron chi connectivity index (χ2n) is 4.55. The lowest BCUT2D eigenvalue weighted by atomic mass is 9.78. The molecule has 1 aliphatic rings. The van der Waals surface area contributed by atoms with Gasteiger partial charge in [0.15, 0.2) is 0 Å². The van der Waals surface area contributed by atoms with Crippen molar-refractivity contribution in [2.24, 2.45) is 11.7 Å². The molecule has 0 heterocycles. The van der Waals surface area contributed by atoms with E-state index in [0.717, 1.165) is 12.3 Å². The Balaban J connectivity index is 1.95. The van der Waals surface area contributed by atoms with Gasteiger partial charge in [-0.1, -0.05) is 36.2 Å². The van der Waals surface area contributed by atoms with Crippen molar-refractivity contribution in [3.63, 3.8) is 0 Å². The Morgan fingerprint density at radius 3 is 2.79 bits per heavy atom. The van der Waals surface area contributed by atoms with Crippen LogP contribution in [0.1, 0.15) is 30.4 Å². The molecule has 0 saturated heterocycles. The van der Waals surface area contributed by atoms with Gasteiger partial charge < -0.3 is 5.73 Å². The Morgan fingerprint density at radius 2 is 2.21 bits per heavy atom. The third-order valence-corrected chi connectivity index (χ3v) is 3.31. The Morgan fingerprint density at radius 1 is 1.43 bits per heavy atom. The highest BCUT2D eigenvalue weighted by Crippen LogP contribution is 2.29. The fourth-order valence-corrected chi connectivity index (χ4v) is 2.15. The van der Waals surface area contributed by atoms with Crippen molar-refractivity contribution in [3.05, 3.63) is 35.4 Å². The number of aryl methyl sites for hydroxylation is 1. The highest BCUT2D eigenvalue weighted by atomic mass is 14.7. The third kappa shape index (κ3) is 2.16. The minimum Gasteiger partial charge on any atom is -0.327 e. The minimum atomic E-state index is 0.380. The Kier molecular flexibility index (Phi) is 2.87. The van der Waals surface area contributed by atoms with Crippen molar-refractivity contribution in [2.45, 2.75) is 38.6 Å². The highest BCUT2D eigenvalue weighted by Gasteiger charge is 2.24. The lowest BCUT2D eigenvalue weighted by molar-refractivity contribution is 0.260. The molecule has 1 heteroatoms. The number of rotatable bonds is 3. The molecule has 0 aliphatic heterocycles. The summed E-state index contributed by atoms with van der Waals surface area (Å²) in [6, 6.07) is 9.08. The van der Waals surface area contributed by atoms with Gasteiger partial charge in [-0.25, -0.2) is 0 Å². The van der Waals surface area contributed by atoms with Crippen molar-refractivity contribution in [3.8, 4) is 0 Å². The van der Waals surface area contributed by atoms with Gasteiger partial charge in [0.05, 0.1) is 0 Å². The molecule has 2 N–H and O–H groups in total. The molecule has 1 aromatic rings. The first-order chi connectivity index (χ1) is 6.75. The van der Waals surface area contributed by atoms with Crippen LogP contribution in [0.3, 0.4) is 0 Å². The van der Waals surface area contributed by atoms with Crippen LogP contribution in [0.2, 0.25) is 0 Å². The van der Waals surface area contributed by atoms with Crippen LogP contribution >= 0.6 is 0 Å². The van der Waals surface area contributed by atoms with Gasteiger partial charge in [0, 0.05) is 6.04 Å². The summed E-state index contributed by atoms with van der Waals surface area (Å²) in [6.45, 7) is 2.14. The average molecular weight is 189 g/mol. The van der Waals surface area contributed by atoms with Crippen LogP contribution in [0.5, 0.6) is 0 Å². The first-order valence-electron chi connectivity index (χ1n) is 5.57. The predicted octanol–water partition coefficient (Wildman–Crippen LogP) is 2.66. The summed E-state index contributed by atoms with van der Waals surface area (Å²) in [5.74, 6) is 0.788. The van der Waals surface area contributed by atoms with E-state index in [1.807, 2.05) is 0 Å². The van der Waals surface area contributed by atoms with Crippen LogP contribution in [0.4, 0.5) is 0 Å². The van der Waals surface area contributed by atoms with Crippen LogP contribution in [0.15, 0.2) is 24.3 Å². The van der Waals surface area contributed by atoms with Gasteiger partial charge in [-0.2, -0.15) is 0 Å². The summed E-state index contributed by atoms with van der Waals surface area (Å²) in [5.41, 5.74) is 8.89. The molecule has 1 fully saturated rings. The lowest BCUT2D eigenvalue weighted by Crippen LogP contribution is -2.36. The largest absolute Gasteiger partial charge is 0.327 e. The summed E-state index contributed by atoms with van der Waals surface area (Å²) in [5, 5.41) is 0. The SMILES string of the molecule is Cc1cccc(CC(N)C2CCC2)c1. The van der Waals surface area contributed by atoms with E-state index in [1.165, 1.54) is 30.4 Å². The molecular weight excluding hydrogens is 170 g/mol. The third-order valence-electron chi connectivity index (χ3n) is 3.31. The normalized spacial score (nSPS) is 19.0. The molecule has 1 nitrogen and oxygen atoms in total. The van der Waals surface area contributed by atoms with E-state index >= 15 is 0 Å². The number of hydrogen-bond acceptors (Lipinski definition) is 1. The number of hydrogen-bond donors (Lipinski definition) is 1. The molecule has 1 atom stereocenters. The second kappa shape index (κ2) is 4.14. The molecular formula is C13H19N. The van der Waals surface area contributed by atoms with Crippen LogP contribution in [-0.4, -0.2) is 6.04 Å². The van der Waals surface area contributed by atoms with Crippen LogP contribution in [0.25, 0.3) is 0 Å². The molecule has 14 heavy (non-hydrogen) atoms. The maximum Gasteiger partial charge on any atom is 0.0108 e. The highest BCUT2D eigenvalue weighted by molar-refractivity contribution is 5.23. The molecule has 0 radical (unpaired) electrons. The standard InChI is InChI=1S/C13H19N/c1-10-4-2-5-11(8-10)9-13(14)12-6-3-7-12/h2,4-5,8,12-13H,3,6-7,9,14H2,1H3. The lowest BCUT2D eigenvalue weighted by Gasteiger charge is -2.31. The van der Waals surface area contributed by atoms with Crippen molar-refractivity contribution < 1.29 is 0 Å². The quantitative estimate of drug-likeness (QED) is 0.777. The van der Waals surface area contributed by atoms with Crippen molar-refractivity contribution in [2.75, 3.05) is 0 Å². The fourth-order valence-electron chi connectivity index (χ4n) is 2.15. The summed E-state index contributed by atoms with van der Waals surface area (Å²) < 4.78 is 0. The maximum absolute atomic E-state index is 6.16. The van der Waals surface area contributed by atoms with Crippen molar-refractivity contribution in [1.82, 2.24) is 0 Å². The van der Waals surface area contributed by atoms with E-state index in [0.29, 0.717) is 6.04 Å². The van der Waals surface area contributed by atoms with E-state index in [2.05, 4.69) is 31.2 Å². The molecule has 1 unspecified atom stereocenters. The smallest absolute Gasteiger partial charge is 0.0108 e. The molecule has 1 aromatic carbocycles. The monoisotopic (exact) mass is 189 g/mol. The van der Waals surface area contributed by atoms with E-state index in [1.54, 1.807) is 0 Å². The first kappa shape index (κ1) is 9.72. The zero-order chi connectivity index (χ0) is 9.97. The molecule has 76 valence electrons. The predicted molar refractivity (Wildman–Crippen MR) is 60.2 cm³/mol. The van der Waals surface area contributed by atoms with E-state index in [-0.39, 0.29) is 0 Å². The summed E-state index contributed by atoms with van der Waals surface area (Å²) in [4.78, 5) is 0. The van der Waals surface area contributed by atoms with Gasteiger partial charge in [0.25, 0.3) is 0 Å². The summed E-state index contributed by atoms with van der Waals surface area (Å²) in [7, 11) is 0. The Bertz CT molecular complexity index is 302. The molecule has 0 spiro atoms. The van der Waals surface area contributed by atoms with Crippen LogP contribution < -0.4 is 5.73 Å². The van der Waals surface area contributed by atoms with Crippen LogP contribution in [-0.2, 0) is 6.42 Å². The molecule has 0 aromatic heterocycles. The van der Waals surface area contributed by atoms with Crippen molar-refractivity contribution >= 4 is 0 Å². The summed E-state index contributed by atoms with van der Waals surface area (Å²) in [6.07, 6.45) is 5.11. The molecule has 0 amide bonds. The van der Waals surface area contributed by atoms with Gasteiger partial charge in [0.1, 0.15) is 0 Å². The Labute approximate surface area is 86.3 Å². The molecule has 1 saturated carbocycles. The van der Waals surface area contributed by atoms with E-state index in [9.17, 15) is 0 Å². The average Bonchev–Trinajstić information content (AvgIpc) is 1.99. The first-order valence-corrected chi connectivity index (χ1v) is 5.57. The number of benzene rings is 1.